The average Bonchev–Trinajstić information content (AvgIpc) is 3.00. The van der Waals surface area contributed by atoms with Crippen molar-refractivity contribution in [2.75, 3.05) is 27.3 Å². The predicted octanol–water partition coefficient (Wildman–Crippen LogP) is 2.89. The van der Waals surface area contributed by atoms with Crippen molar-refractivity contribution in [3.8, 4) is 11.5 Å². The van der Waals surface area contributed by atoms with Crippen molar-refractivity contribution in [3.05, 3.63) is 36.4 Å². The van der Waals surface area contributed by atoms with Gasteiger partial charge in [0.05, 0.1) is 13.7 Å². The molecular formula is C17H23NO3. The van der Waals surface area contributed by atoms with Crippen LogP contribution < -0.4 is 9.47 Å². The van der Waals surface area contributed by atoms with Gasteiger partial charge in [0.15, 0.2) is 0 Å². The minimum atomic E-state index is 0.185. The molecule has 21 heavy (non-hydrogen) atoms. The first kappa shape index (κ1) is 15.4. The molecule has 1 amide bonds. The van der Waals surface area contributed by atoms with Crippen LogP contribution in [0.25, 0.3) is 0 Å². The number of allylic oxidation sites excluding steroid dienone is 2. The fraction of sp³-hybridized carbons (Fsp3) is 0.471. The fourth-order valence-corrected chi connectivity index (χ4v) is 2.34. The molecule has 0 radical (unpaired) electrons. The minimum absolute atomic E-state index is 0.185. The molecule has 2 rings (SSSR count). The van der Waals surface area contributed by atoms with Crippen molar-refractivity contribution in [1.29, 1.82) is 0 Å². The van der Waals surface area contributed by atoms with E-state index in [9.17, 15) is 4.79 Å². The quantitative estimate of drug-likeness (QED) is 0.725. The van der Waals surface area contributed by atoms with E-state index >= 15 is 0 Å². The molecule has 4 heteroatoms. The maximum Gasteiger partial charge on any atom is 0.223 e. The van der Waals surface area contributed by atoms with Crippen LogP contribution in [0.5, 0.6) is 11.5 Å². The number of rotatable bonds is 7. The number of carbonyl (C=O) groups is 1. The van der Waals surface area contributed by atoms with E-state index in [2.05, 4.69) is 12.2 Å². The third kappa shape index (κ3) is 4.81. The molecule has 1 aliphatic carbocycles. The summed E-state index contributed by atoms with van der Waals surface area (Å²) in [5, 5.41) is 0. The van der Waals surface area contributed by atoms with Gasteiger partial charge in [0.1, 0.15) is 18.1 Å². The summed E-state index contributed by atoms with van der Waals surface area (Å²) >= 11 is 0. The van der Waals surface area contributed by atoms with Crippen LogP contribution in [0.15, 0.2) is 36.4 Å². The van der Waals surface area contributed by atoms with Crippen molar-refractivity contribution in [2.24, 2.45) is 5.92 Å². The monoisotopic (exact) mass is 289 g/mol. The average molecular weight is 289 g/mol. The summed E-state index contributed by atoms with van der Waals surface area (Å²) < 4.78 is 10.7. The van der Waals surface area contributed by atoms with Crippen LogP contribution in [0.4, 0.5) is 0 Å². The molecule has 0 N–H and O–H groups in total. The van der Waals surface area contributed by atoms with Gasteiger partial charge in [-0.3, -0.25) is 4.79 Å². The maximum absolute atomic E-state index is 12.0. The van der Waals surface area contributed by atoms with Crippen LogP contribution in [0.3, 0.4) is 0 Å². The number of benzene rings is 1. The molecule has 0 fully saturated rings. The fourth-order valence-electron chi connectivity index (χ4n) is 2.34. The first-order valence-corrected chi connectivity index (χ1v) is 7.36. The number of carbonyl (C=O) groups excluding carboxylic acids is 1. The van der Waals surface area contributed by atoms with Crippen LogP contribution >= 0.6 is 0 Å². The third-order valence-electron chi connectivity index (χ3n) is 3.73. The van der Waals surface area contributed by atoms with Gasteiger partial charge < -0.3 is 14.4 Å². The number of ether oxygens (including phenoxy) is 2. The summed E-state index contributed by atoms with van der Waals surface area (Å²) in [6, 6.07) is 7.45. The van der Waals surface area contributed by atoms with Crippen molar-refractivity contribution >= 4 is 5.91 Å². The molecular weight excluding hydrogens is 266 g/mol. The van der Waals surface area contributed by atoms with E-state index in [1.807, 2.05) is 31.3 Å². The van der Waals surface area contributed by atoms with Gasteiger partial charge in [-0.05, 0) is 43.0 Å². The van der Waals surface area contributed by atoms with Gasteiger partial charge in [-0.25, -0.2) is 0 Å². The van der Waals surface area contributed by atoms with E-state index in [0.29, 0.717) is 25.5 Å². The Balaban J connectivity index is 1.69. The molecule has 0 unspecified atom stereocenters. The largest absolute Gasteiger partial charge is 0.497 e. The Kier molecular flexibility index (Phi) is 5.67. The number of nitrogens with zero attached hydrogens (tertiary/aromatic N) is 1. The Labute approximate surface area is 126 Å². The van der Waals surface area contributed by atoms with Gasteiger partial charge in [-0.2, -0.15) is 0 Å². The summed E-state index contributed by atoms with van der Waals surface area (Å²) in [5.41, 5.74) is 0. The normalized spacial score (nSPS) is 16.8. The SMILES string of the molecule is COc1ccc(OCCN(C)C(=O)C[C@@H]2C=CCC2)cc1. The van der Waals surface area contributed by atoms with E-state index in [4.69, 9.17) is 9.47 Å². The van der Waals surface area contributed by atoms with Crippen LogP contribution in [0, 0.1) is 5.92 Å². The molecule has 1 aromatic carbocycles. The van der Waals surface area contributed by atoms with Gasteiger partial charge >= 0.3 is 0 Å². The zero-order valence-electron chi connectivity index (χ0n) is 12.7. The second-order valence-electron chi connectivity index (χ2n) is 5.31. The lowest BCUT2D eigenvalue weighted by atomic mass is 10.0. The summed E-state index contributed by atoms with van der Waals surface area (Å²) in [4.78, 5) is 13.8. The Hall–Kier alpha value is -1.97. The van der Waals surface area contributed by atoms with E-state index < -0.39 is 0 Å². The molecule has 1 aromatic rings. The molecule has 114 valence electrons. The highest BCUT2D eigenvalue weighted by molar-refractivity contribution is 5.76. The first-order valence-electron chi connectivity index (χ1n) is 7.36. The summed E-state index contributed by atoms with van der Waals surface area (Å²) in [6.45, 7) is 1.09. The van der Waals surface area contributed by atoms with Crippen LogP contribution in [0.1, 0.15) is 19.3 Å². The number of likely N-dealkylation sites (N-methyl/N-ethyl adjacent to an activating group) is 1. The number of methoxy groups -OCH3 is 1. The van der Waals surface area contributed by atoms with Crippen molar-refractivity contribution in [3.63, 3.8) is 0 Å². The lowest BCUT2D eigenvalue weighted by molar-refractivity contribution is -0.130. The summed E-state index contributed by atoms with van der Waals surface area (Å²) in [5.74, 6) is 2.20. The van der Waals surface area contributed by atoms with Crippen molar-refractivity contribution in [2.45, 2.75) is 19.3 Å². The van der Waals surface area contributed by atoms with Gasteiger partial charge in [0.2, 0.25) is 5.91 Å². The summed E-state index contributed by atoms with van der Waals surface area (Å²) in [7, 11) is 3.47. The second-order valence-corrected chi connectivity index (χ2v) is 5.31. The summed E-state index contributed by atoms with van der Waals surface area (Å²) in [6.07, 6.45) is 7.12. The molecule has 0 spiro atoms. The molecule has 0 aliphatic heterocycles. The Morgan fingerprint density at radius 1 is 1.29 bits per heavy atom. The Morgan fingerprint density at radius 3 is 2.62 bits per heavy atom. The zero-order chi connectivity index (χ0) is 15.1. The van der Waals surface area contributed by atoms with Gasteiger partial charge in [0, 0.05) is 13.5 Å². The highest BCUT2D eigenvalue weighted by atomic mass is 16.5. The van der Waals surface area contributed by atoms with Crippen LogP contribution in [0.2, 0.25) is 0 Å². The standard InChI is InChI=1S/C17H23NO3/c1-18(17(19)13-14-5-3-4-6-14)11-12-21-16-9-7-15(20-2)8-10-16/h3,5,7-10,14H,4,6,11-13H2,1-2H3/t14-/m1/s1. The van der Waals surface area contributed by atoms with Crippen LogP contribution in [-0.2, 0) is 4.79 Å². The maximum atomic E-state index is 12.0. The van der Waals surface area contributed by atoms with Gasteiger partial charge in [0.25, 0.3) is 0 Å². The first-order chi connectivity index (χ1) is 10.2. The molecule has 0 heterocycles. The number of hydrogen-bond acceptors (Lipinski definition) is 3. The highest BCUT2D eigenvalue weighted by Gasteiger charge is 2.16. The third-order valence-corrected chi connectivity index (χ3v) is 3.73. The lowest BCUT2D eigenvalue weighted by Crippen LogP contribution is -2.31. The minimum Gasteiger partial charge on any atom is -0.497 e. The second kappa shape index (κ2) is 7.72. The van der Waals surface area contributed by atoms with Crippen LogP contribution in [-0.4, -0.2) is 38.1 Å². The van der Waals surface area contributed by atoms with Gasteiger partial charge in [-0.1, -0.05) is 12.2 Å². The zero-order valence-corrected chi connectivity index (χ0v) is 12.7. The highest BCUT2D eigenvalue weighted by Crippen LogP contribution is 2.21. The molecule has 4 nitrogen and oxygen atoms in total. The smallest absolute Gasteiger partial charge is 0.223 e. The molecule has 0 bridgehead atoms. The number of amides is 1. The van der Waals surface area contributed by atoms with Gasteiger partial charge in [-0.15, -0.1) is 0 Å². The Morgan fingerprint density at radius 2 is 2.00 bits per heavy atom. The molecule has 1 atom stereocenters. The topological polar surface area (TPSA) is 38.8 Å². The molecule has 0 aromatic heterocycles. The van der Waals surface area contributed by atoms with Crippen molar-refractivity contribution < 1.29 is 14.3 Å². The van der Waals surface area contributed by atoms with Crippen molar-refractivity contribution in [1.82, 2.24) is 4.90 Å². The van der Waals surface area contributed by atoms with E-state index in [-0.39, 0.29) is 5.91 Å². The molecule has 0 saturated heterocycles. The molecule has 0 saturated carbocycles. The number of hydrogen-bond donors (Lipinski definition) is 0. The molecule has 1 aliphatic rings. The lowest BCUT2D eigenvalue weighted by Gasteiger charge is -2.19. The predicted molar refractivity (Wildman–Crippen MR) is 82.6 cm³/mol. The van der Waals surface area contributed by atoms with E-state index in [1.54, 1.807) is 12.0 Å². The Bertz CT molecular complexity index is 481. The van der Waals surface area contributed by atoms with E-state index in [0.717, 1.165) is 24.3 Å². The van der Waals surface area contributed by atoms with E-state index in [1.165, 1.54) is 0 Å².